The van der Waals surface area contributed by atoms with Crippen LogP contribution in [0.15, 0.2) is 39.6 Å². The molecule has 1 aliphatic rings. The zero-order chi connectivity index (χ0) is 14.8. The Morgan fingerprint density at radius 3 is 2.35 bits per heavy atom. The lowest BCUT2D eigenvalue weighted by atomic mass is 10.4. The van der Waals surface area contributed by atoms with Gasteiger partial charge in [0.05, 0.1) is 11.4 Å². The van der Waals surface area contributed by atoms with Crippen LogP contribution >= 0.6 is 0 Å². The molecule has 0 unspecified atom stereocenters. The number of hydrogen-bond donors (Lipinski definition) is 0. The minimum atomic E-state index is -3.77. The molecule has 1 aromatic rings. The predicted octanol–water partition coefficient (Wildman–Crippen LogP) is 1.55. The molecule has 1 fully saturated rings. The second kappa shape index (κ2) is 5.62. The van der Waals surface area contributed by atoms with Crippen molar-refractivity contribution in [2.24, 2.45) is 4.40 Å². The summed E-state index contributed by atoms with van der Waals surface area (Å²) in [7, 11) is -3.77. The molecule has 0 aromatic heterocycles. The van der Waals surface area contributed by atoms with Crippen molar-refractivity contribution in [2.45, 2.75) is 18.7 Å². The van der Waals surface area contributed by atoms with Crippen molar-refractivity contribution in [1.29, 1.82) is 0 Å². The molecule has 7 heteroatoms. The second-order valence-corrected chi connectivity index (χ2v) is 5.94. The van der Waals surface area contributed by atoms with Gasteiger partial charge in [0.25, 0.3) is 10.0 Å². The Bertz CT molecular complexity index is 626. The molecule has 0 radical (unpaired) electrons. The molecule has 0 bridgehead atoms. The number of amidine groups is 1. The number of sulfonamides is 1. The maximum absolute atomic E-state index is 12.2. The molecule has 0 N–H and O–H groups in total. The minimum Gasteiger partial charge on any atom is -0.317 e. The summed E-state index contributed by atoms with van der Waals surface area (Å²) in [5.41, 5.74) is 0. The van der Waals surface area contributed by atoms with E-state index in [1.54, 1.807) is 30.0 Å². The van der Waals surface area contributed by atoms with E-state index in [9.17, 15) is 13.2 Å². The van der Waals surface area contributed by atoms with Gasteiger partial charge in [0.1, 0.15) is 5.84 Å². The SMILES string of the molecule is CCN1CC(=NS(=O)(=O)c2ccccc2)N(CC)C1=O. The van der Waals surface area contributed by atoms with Crippen molar-refractivity contribution in [2.75, 3.05) is 19.6 Å². The summed E-state index contributed by atoms with van der Waals surface area (Å²) in [5.74, 6) is 0.281. The summed E-state index contributed by atoms with van der Waals surface area (Å²) in [4.78, 5) is 15.1. The number of urea groups is 1. The highest BCUT2D eigenvalue weighted by Crippen LogP contribution is 2.16. The predicted molar refractivity (Wildman–Crippen MR) is 76.1 cm³/mol. The molecule has 108 valence electrons. The van der Waals surface area contributed by atoms with Crippen LogP contribution in [0.25, 0.3) is 0 Å². The molecular weight excluding hydrogens is 278 g/mol. The number of carbonyl (C=O) groups is 1. The third-order valence-corrected chi connectivity index (χ3v) is 4.43. The van der Waals surface area contributed by atoms with Crippen molar-refractivity contribution in [3.05, 3.63) is 30.3 Å². The van der Waals surface area contributed by atoms with E-state index in [4.69, 9.17) is 0 Å². The normalized spacial score (nSPS) is 18.1. The Morgan fingerprint density at radius 1 is 1.15 bits per heavy atom. The van der Waals surface area contributed by atoms with E-state index in [-0.39, 0.29) is 23.3 Å². The maximum Gasteiger partial charge on any atom is 0.325 e. The van der Waals surface area contributed by atoms with E-state index >= 15 is 0 Å². The topological polar surface area (TPSA) is 70.1 Å². The molecule has 1 aliphatic heterocycles. The lowest BCUT2D eigenvalue weighted by molar-refractivity contribution is 0.199. The molecular formula is C13H17N3O3S. The van der Waals surface area contributed by atoms with E-state index in [1.165, 1.54) is 17.0 Å². The Hall–Kier alpha value is -1.89. The molecule has 1 aromatic carbocycles. The fourth-order valence-electron chi connectivity index (χ4n) is 2.03. The van der Waals surface area contributed by atoms with Gasteiger partial charge in [0.2, 0.25) is 0 Å². The fourth-order valence-corrected chi connectivity index (χ4v) is 3.07. The summed E-state index contributed by atoms with van der Waals surface area (Å²) in [6.45, 7) is 4.80. The minimum absolute atomic E-state index is 0.131. The number of carbonyl (C=O) groups excluding carboxylic acids is 1. The van der Waals surface area contributed by atoms with Gasteiger partial charge in [-0.15, -0.1) is 4.40 Å². The Morgan fingerprint density at radius 2 is 1.80 bits per heavy atom. The number of amides is 2. The highest BCUT2D eigenvalue weighted by molar-refractivity contribution is 7.90. The molecule has 0 aliphatic carbocycles. The number of rotatable bonds is 4. The van der Waals surface area contributed by atoms with Crippen LogP contribution in [0.5, 0.6) is 0 Å². The molecule has 2 rings (SSSR count). The average molecular weight is 295 g/mol. The smallest absolute Gasteiger partial charge is 0.317 e. The Labute approximate surface area is 118 Å². The van der Waals surface area contributed by atoms with Gasteiger partial charge in [-0.05, 0) is 26.0 Å². The lowest BCUT2D eigenvalue weighted by Crippen LogP contribution is -2.33. The van der Waals surface area contributed by atoms with Crippen molar-refractivity contribution < 1.29 is 13.2 Å². The van der Waals surface area contributed by atoms with Crippen LogP contribution in [-0.2, 0) is 10.0 Å². The summed E-state index contributed by atoms with van der Waals surface area (Å²) in [6, 6.07) is 7.80. The van der Waals surface area contributed by atoms with Gasteiger partial charge in [-0.3, -0.25) is 4.90 Å². The number of hydrogen-bond acceptors (Lipinski definition) is 3. The van der Waals surface area contributed by atoms with E-state index in [0.717, 1.165) is 0 Å². The highest BCUT2D eigenvalue weighted by Gasteiger charge is 2.33. The zero-order valence-electron chi connectivity index (χ0n) is 11.5. The molecule has 20 heavy (non-hydrogen) atoms. The van der Waals surface area contributed by atoms with Crippen LogP contribution in [0, 0.1) is 0 Å². The largest absolute Gasteiger partial charge is 0.325 e. The molecule has 6 nitrogen and oxygen atoms in total. The third kappa shape index (κ3) is 2.67. The van der Waals surface area contributed by atoms with Crippen LogP contribution in [0.4, 0.5) is 4.79 Å². The monoisotopic (exact) mass is 295 g/mol. The molecule has 1 saturated heterocycles. The molecule has 0 saturated carbocycles. The first kappa shape index (κ1) is 14.5. The van der Waals surface area contributed by atoms with E-state index < -0.39 is 10.0 Å². The second-order valence-electron chi connectivity index (χ2n) is 4.34. The van der Waals surface area contributed by atoms with Crippen LogP contribution in [-0.4, -0.2) is 49.7 Å². The summed E-state index contributed by atoms with van der Waals surface area (Å²) >= 11 is 0. The van der Waals surface area contributed by atoms with Crippen LogP contribution in [0.3, 0.4) is 0 Å². The number of benzene rings is 1. The maximum atomic E-state index is 12.2. The average Bonchev–Trinajstić information content (AvgIpc) is 2.74. The van der Waals surface area contributed by atoms with Crippen LogP contribution < -0.4 is 0 Å². The number of nitrogens with zero attached hydrogens (tertiary/aromatic N) is 3. The number of likely N-dealkylation sites (N-methyl/N-ethyl adjacent to an activating group) is 2. The molecule has 0 atom stereocenters. The fraction of sp³-hybridized carbons (Fsp3) is 0.385. The van der Waals surface area contributed by atoms with Gasteiger partial charge in [0, 0.05) is 13.1 Å². The van der Waals surface area contributed by atoms with Gasteiger partial charge < -0.3 is 4.90 Å². The van der Waals surface area contributed by atoms with Crippen molar-refractivity contribution >= 4 is 21.9 Å². The first-order valence-electron chi connectivity index (χ1n) is 6.45. The quantitative estimate of drug-likeness (QED) is 0.846. The van der Waals surface area contributed by atoms with Gasteiger partial charge in [-0.2, -0.15) is 8.42 Å². The first-order valence-corrected chi connectivity index (χ1v) is 7.89. The van der Waals surface area contributed by atoms with Crippen molar-refractivity contribution in [3.8, 4) is 0 Å². The molecule has 1 heterocycles. The lowest BCUT2D eigenvalue weighted by Gasteiger charge is -2.14. The Kier molecular flexibility index (Phi) is 4.08. The van der Waals surface area contributed by atoms with E-state index in [1.807, 2.05) is 6.92 Å². The summed E-state index contributed by atoms with van der Waals surface area (Å²) in [6.07, 6.45) is 0. The highest BCUT2D eigenvalue weighted by atomic mass is 32.2. The van der Waals surface area contributed by atoms with Crippen LogP contribution in [0.2, 0.25) is 0 Å². The van der Waals surface area contributed by atoms with E-state index in [2.05, 4.69) is 4.40 Å². The van der Waals surface area contributed by atoms with Crippen LogP contribution in [0.1, 0.15) is 13.8 Å². The standard InChI is InChI=1S/C13H17N3O3S/c1-3-15-10-12(16(4-2)13(15)17)14-20(18,19)11-8-6-5-7-9-11/h5-9H,3-4,10H2,1-2H3. The van der Waals surface area contributed by atoms with Crippen molar-refractivity contribution in [1.82, 2.24) is 9.80 Å². The summed E-state index contributed by atoms with van der Waals surface area (Å²) < 4.78 is 28.2. The van der Waals surface area contributed by atoms with Crippen molar-refractivity contribution in [3.63, 3.8) is 0 Å². The Balaban J connectivity index is 2.37. The molecule has 0 spiro atoms. The van der Waals surface area contributed by atoms with E-state index in [0.29, 0.717) is 13.1 Å². The molecule has 2 amide bonds. The van der Waals surface area contributed by atoms with Gasteiger partial charge >= 0.3 is 6.03 Å². The van der Waals surface area contributed by atoms with Gasteiger partial charge in [-0.1, -0.05) is 18.2 Å². The third-order valence-electron chi connectivity index (χ3n) is 3.11. The summed E-state index contributed by atoms with van der Waals surface area (Å²) in [5, 5.41) is 0. The van der Waals surface area contributed by atoms with Gasteiger partial charge in [-0.25, -0.2) is 4.79 Å². The van der Waals surface area contributed by atoms with Gasteiger partial charge in [0.15, 0.2) is 0 Å². The zero-order valence-corrected chi connectivity index (χ0v) is 12.3. The first-order chi connectivity index (χ1) is 9.49.